The average molecular weight is 299 g/mol. The summed E-state index contributed by atoms with van der Waals surface area (Å²) in [4.78, 5) is 24.4. The van der Waals surface area contributed by atoms with Gasteiger partial charge in [0.15, 0.2) is 0 Å². The molecule has 1 aromatic rings. The van der Waals surface area contributed by atoms with Crippen molar-refractivity contribution in [1.29, 1.82) is 0 Å². The Kier molecular flexibility index (Phi) is 4.15. The van der Waals surface area contributed by atoms with Crippen LogP contribution in [0.25, 0.3) is 0 Å². The van der Waals surface area contributed by atoms with Crippen LogP contribution in [0.1, 0.15) is 12.0 Å². The van der Waals surface area contributed by atoms with E-state index >= 15 is 0 Å². The number of aliphatic carboxylic acids is 1. The third-order valence-electron chi connectivity index (χ3n) is 3.28. The Balaban J connectivity index is 2.18. The highest BCUT2D eigenvalue weighted by Crippen LogP contribution is 2.27. The quantitative estimate of drug-likeness (QED) is 0.775. The van der Waals surface area contributed by atoms with Crippen molar-refractivity contribution in [1.82, 2.24) is 4.90 Å². The molecule has 0 aliphatic carbocycles. The van der Waals surface area contributed by atoms with Crippen LogP contribution in [0.15, 0.2) is 18.2 Å². The number of hydrogen-bond donors (Lipinski definition) is 3. The number of benzene rings is 1. The highest BCUT2D eigenvalue weighted by atomic mass is 35.5. The number of carbonyl (C=O) groups is 2. The zero-order chi connectivity index (χ0) is 14.9. The number of amides is 2. The Bertz CT molecular complexity index is 529. The first-order valence-corrected chi connectivity index (χ1v) is 6.51. The Labute approximate surface area is 121 Å². The minimum Gasteiger partial charge on any atom is -0.480 e. The maximum absolute atomic E-state index is 12.2. The summed E-state index contributed by atoms with van der Waals surface area (Å²) in [5.74, 6) is -1.13. The van der Waals surface area contributed by atoms with E-state index in [0.717, 1.165) is 10.5 Å². The van der Waals surface area contributed by atoms with Crippen LogP contribution >= 0.6 is 11.6 Å². The highest BCUT2D eigenvalue weighted by molar-refractivity contribution is 6.33. The van der Waals surface area contributed by atoms with E-state index in [0.29, 0.717) is 10.7 Å². The minimum atomic E-state index is -1.13. The summed E-state index contributed by atoms with van der Waals surface area (Å²) in [6.07, 6.45) is -0.793. The van der Waals surface area contributed by atoms with Crippen molar-refractivity contribution in [3.05, 3.63) is 28.8 Å². The van der Waals surface area contributed by atoms with Crippen LogP contribution in [0.2, 0.25) is 5.02 Å². The van der Waals surface area contributed by atoms with Gasteiger partial charge in [0.1, 0.15) is 6.04 Å². The number of hydrogen-bond acceptors (Lipinski definition) is 3. The van der Waals surface area contributed by atoms with Crippen LogP contribution in [-0.4, -0.2) is 45.8 Å². The lowest BCUT2D eigenvalue weighted by Gasteiger charge is -2.22. The van der Waals surface area contributed by atoms with E-state index in [1.807, 2.05) is 0 Å². The molecule has 1 heterocycles. The monoisotopic (exact) mass is 298 g/mol. The summed E-state index contributed by atoms with van der Waals surface area (Å²) >= 11 is 6.01. The molecule has 0 radical (unpaired) electrons. The molecule has 1 saturated heterocycles. The van der Waals surface area contributed by atoms with Gasteiger partial charge in [-0.25, -0.2) is 9.59 Å². The zero-order valence-corrected chi connectivity index (χ0v) is 11.6. The topological polar surface area (TPSA) is 89.9 Å². The van der Waals surface area contributed by atoms with Gasteiger partial charge in [0.05, 0.1) is 16.8 Å². The highest BCUT2D eigenvalue weighted by Gasteiger charge is 2.39. The van der Waals surface area contributed by atoms with Gasteiger partial charge in [-0.15, -0.1) is 0 Å². The number of anilines is 1. The van der Waals surface area contributed by atoms with Crippen molar-refractivity contribution < 1.29 is 19.8 Å². The van der Waals surface area contributed by atoms with Crippen molar-refractivity contribution in [2.24, 2.45) is 0 Å². The number of urea groups is 1. The third kappa shape index (κ3) is 2.86. The Morgan fingerprint density at radius 2 is 2.15 bits per heavy atom. The molecule has 1 aliphatic rings. The van der Waals surface area contributed by atoms with Gasteiger partial charge in [-0.2, -0.15) is 0 Å². The summed E-state index contributed by atoms with van der Waals surface area (Å²) in [5.41, 5.74) is 1.22. The molecule has 2 unspecified atom stereocenters. The van der Waals surface area contributed by atoms with E-state index in [2.05, 4.69) is 5.32 Å². The number of halogens is 1. The number of carboxylic acid groups (broad SMARTS) is 1. The Morgan fingerprint density at radius 1 is 1.45 bits per heavy atom. The van der Waals surface area contributed by atoms with Gasteiger partial charge >= 0.3 is 12.0 Å². The molecule has 2 rings (SSSR count). The largest absolute Gasteiger partial charge is 0.480 e. The SMILES string of the molecule is Cc1cccc(Cl)c1NC(=O)N1CC(O)CC1C(=O)O. The van der Waals surface area contributed by atoms with Gasteiger partial charge in [0.2, 0.25) is 0 Å². The predicted molar refractivity (Wildman–Crippen MR) is 74.0 cm³/mol. The molecule has 1 aromatic carbocycles. The molecule has 2 amide bonds. The molecule has 0 bridgehead atoms. The molecular weight excluding hydrogens is 284 g/mol. The molecular formula is C13H15ClN2O4. The summed E-state index contributed by atoms with van der Waals surface area (Å²) in [7, 11) is 0. The first-order valence-electron chi connectivity index (χ1n) is 6.13. The van der Waals surface area contributed by atoms with E-state index in [1.54, 1.807) is 25.1 Å². The van der Waals surface area contributed by atoms with Crippen LogP contribution in [0.5, 0.6) is 0 Å². The second kappa shape index (κ2) is 5.68. The number of likely N-dealkylation sites (tertiary alicyclic amines) is 1. The van der Waals surface area contributed by atoms with E-state index in [1.165, 1.54) is 0 Å². The number of β-amino-alcohol motifs (C(OH)–C–C–N with tert-alkyl or cyclic N) is 1. The molecule has 3 N–H and O–H groups in total. The molecule has 0 spiro atoms. The molecule has 0 saturated carbocycles. The fourth-order valence-electron chi connectivity index (χ4n) is 2.24. The maximum Gasteiger partial charge on any atom is 0.326 e. The van der Waals surface area contributed by atoms with Crippen LogP contribution in [0, 0.1) is 6.92 Å². The molecule has 1 fully saturated rings. The molecule has 7 heteroatoms. The molecule has 2 atom stereocenters. The Hall–Kier alpha value is -1.79. The van der Waals surface area contributed by atoms with Gasteiger partial charge in [0.25, 0.3) is 0 Å². The number of para-hydroxylation sites is 1. The molecule has 20 heavy (non-hydrogen) atoms. The normalized spacial score (nSPS) is 21.9. The molecule has 108 valence electrons. The average Bonchev–Trinajstić information content (AvgIpc) is 2.76. The molecule has 6 nitrogen and oxygen atoms in total. The number of nitrogens with one attached hydrogen (secondary N) is 1. The maximum atomic E-state index is 12.2. The van der Waals surface area contributed by atoms with Crippen LogP contribution in [0.3, 0.4) is 0 Å². The van der Waals surface area contributed by atoms with Crippen LogP contribution < -0.4 is 5.32 Å². The fourth-order valence-corrected chi connectivity index (χ4v) is 2.51. The number of aliphatic hydroxyl groups is 1. The molecule has 0 aromatic heterocycles. The van der Waals surface area contributed by atoms with Crippen LogP contribution in [-0.2, 0) is 4.79 Å². The summed E-state index contributed by atoms with van der Waals surface area (Å²) in [6, 6.07) is 3.58. The first-order chi connectivity index (χ1) is 9.40. The minimum absolute atomic E-state index is 0.00764. The lowest BCUT2D eigenvalue weighted by molar-refractivity contribution is -0.141. The second-order valence-corrected chi connectivity index (χ2v) is 5.17. The van der Waals surface area contributed by atoms with Crippen molar-refractivity contribution in [3.8, 4) is 0 Å². The van der Waals surface area contributed by atoms with Gasteiger partial charge < -0.3 is 20.4 Å². The summed E-state index contributed by atoms with van der Waals surface area (Å²) < 4.78 is 0. The van der Waals surface area contributed by atoms with Crippen molar-refractivity contribution >= 4 is 29.3 Å². The van der Waals surface area contributed by atoms with Crippen molar-refractivity contribution in [2.45, 2.75) is 25.5 Å². The van der Waals surface area contributed by atoms with Gasteiger partial charge in [0, 0.05) is 13.0 Å². The van der Waals surface area contributed by atoms with E-state index < -0.39 is 24.1 Å². The van der Waals surface area contributed by atoms with Crippen LogP contribution in [0.4, 0.5) is 10.5 Å². The number of nitrogens with zero attached hydrogens (tertiary/aromatic N) is 1. The number of carbonyl (C=O) groups excluding carboxylic acids is 1. The van der Waals surface area contributed by atoms with Gasteiger partial charge in [-0.3, -0.25) is 0 Å². The van der Waals surface area contributed by atoms with Gasteiger partial charge in [-0.05, 0) is 18.6 Å². The summed E-state index contributed by atoms with van der Waals surface area (Å²) in [6.45, 7) is 1.78. The number of aryl methyl sites for hydroxylation is 1. The Morgan fingerprint density at radius 3 is 2.75 bits per heavy atom. The van der Waals surface area contributed by atoms with E-state index in [9.17, 15) is 14.7 Å². The molecule has 1 aliphatic heterocycles. The standard InChI is InChI=1S/C13H15ClN2O4/c1-7-3-2-4-9(14)11(7)15-13(20)16-6-8(17)5-10(16)12(18)19/h2-4,8,10,17H,5-6H2,1H3,(H,15,20)(H,18,19). The zero-order valence-electron chi connectivity index (χ0n) is 10.8. The van der Waals surface area contributed by atoms with E-state index in [-0.39, 0.29) is 13.0 Å². The fraction of sp³-hybridized carbons (Fsp3) is 0.385. The number of carboxylic acids is 1. The predicted octanol–water partition coefficient (Wildman–Crippen LogP) is 1.70. The smallest absolute Gasteiger partial charge is 0.326 e. The first kappa shape index (κ1) is 14.6. The lowest BCUT2D eigenvalue weighted by atomic mass is 10.2. The van der Waals surface area contributed by atoms with E-state index in [4.69, 9.17) is 16.7 Å². The lowest BCUT2D eigenvalue weighted by Crippen LogP contribution is -2.43. The summed E-state index contributed by atoms with van der Waals surface area (Å²) in [5, 5.41) is 21.6. The van der Waals surface area contributed by atoms with Crippen molar-refractivity contribution in [2.75, 3.05) is 11.9 Å². The third-order valence-corrected chi connectivity index (χ3v) is 3.59. The number of rotatable bonds is 2. The number of aliphatic hydroxyl groups excluding tert-OH is 1. The van der Waals surface area contributed by atoms with Crippen molar-refractivity contribution in [3.63, 3.8) is 0 Å². The second-order valence-electron chi connectivity index (χ2n) is 4.76. The van der Waals surface area contributed by atoms with Gasteiger partial charge in [-0.1, -0.05) is 23.7 Å².